The fraction of sp³-hybridized carbons (Fsp3) is 0.560. The molecule has 1 aromatic carbocycles. The van der Waals surface area contributed by atoms with Crippen molar-refractivity contribution in [1.82, 2.24) is 14.9 Å². The number of piperidine rings is 1. The molecule has 39 heavy (non-hydrogen) atoms. The summed E-state index contributed by atoms with van der Waals surface area (Å²) in [4.78, 5) is 21.5. The van der Waals surface area contributed by atoms with Gasteiger partial charge in [-0.15, -0.1) is 0 Å². The lowest BCUT2D eigenvalue weighted by atomic mass is 9.93. The van der Waals surface area contributed by atoms with Gasteiger partial charge in [-0.1, -0.05) is 27.0 Å². The van der Waals surface area contributed by atoms with Gasteiger partial charge in [0.1, 0.15) is 6.33 Å². The molecule has 0 bridgehead atoms. The predicted molar refractivity (Wildman–Crippen MR) is 135 cm³/mol. The number of benzene rings is 1. The minimum absolute atomic E-state index is 0. The molecule has 1 aromatic heterocycles. The van der Waals surface area contributed by atoms with E-state index in [2.05, 4.69) is 15.3 Å². The number of primary amides is 1. The number of aromatic nitrogens is 2. The molecular weight excluding hydrogens is 530 g/mol. The molecule has 2 aliphatic rings. The lowest BCUT2D eigenvalue weighted by molar-refractivity contribution is -0.137. The molecule has 1 amide bonds. The van der Waals surface area contributed by atoms with Crippen LogP contribution in [0.3, 0.4) is 0 Å². The number of alkyl halides is 5. The Morgan fingerprint density at radius 1 is 1.18 bits per heavy atom. The number of nitrogens with two attached hydrogens (primary N) is 1. The predicted octanol–water partition coefficient (Wildman–Crippen LogP) is 4.07. The second kappa shape index (κ2) is 12.4. The Labute approximate surface area is 223 Å². The average molecular weight is 565 g/mol. The van der Waals surface area contributed by atoms with Gasteiger partial charge in [-0.3, -0.25) is 9.69 Å². The van der Waals surface area contributed by atoms with Crippen molar-refractivity contribution in [2.45, 2.75) is 51.9 Å². The Balaban J connectivity index is 0.00000267. The van der Waals surface area contributed by atoms with Crippen LogP contribution in [-0.2, 0) is 11.0 Å². The molecule has 14 heteroatoms. The van der Waals surface area contributed by atoms with Gasteiger partial charge in [0.2, 0.25) is 11.7 Å². The Morgan fingerprint density at radius 2 is 1.85 bits per heavy atom. The third-order valence-corrected chi connectivity index (χ3v) is 6.65. The van der Waals surface area contributed by atoms with E-state index in [4.69, 9.17) is 5.73 Å². The van der Waals surface area contributed by atoms with Crippen LogP contribution in [0.15, 0.2) is 30.6 Å². The zero-order valence-corrected chi connectivity index (χ0v) is 19.6. The van der Waals surface area contributed by atoms with E-state index in [1.165, 1.54) is 0 Å². The molecule has 0 aliphatic carbocycles. The maximum atomic E-state index is 15.4. The van der Waals surface area contributed by atoms with Gasteiger partial charge >= 0.3 is 6.18 Å². The standard InChI is InChI=1S/C23H26F6N6O2.2CH4/c24-19-20(31-8-14-5-6-34(9-17(14)36)10-18(30)37)32-12-33-21(19)35-11-22(25,26)7-16(35)13-1-3-15(4-2-13)23(27,28)29;;/h1-4,12,14,16-17,36H,5-11H2,(H2,30,37)(H,31,32,33);2*1H4/t14-,16-,17+;;/m1../s1. The molecule has 4 rings (SSSR count). The van der Waals surface area contributed by atoms with Crippen LogP contribution in [0.1, 0.15) is 44.9 Å². The fourth-order valence-corrected chi connectivity index (χ4v) is 4.79. The van der Waals surface area contributed by atoms with Gasteiger partial charge in [-0.25, -0.2) is 18.7 Å². The summed E-state index contributed by atoms with van der Waals surface area (Å²) in [5.74, 6) is -5.67. The number of halogens is 6. The third-order valence-electron chi connectivity index (χ3n) is 6.65. The molecule has 0 saturated carbocycles. The quantitative estimate of drug-likeness (QED) is 0.435. The molecule has 3 heterocycles. The molecule has 0 unspecified atom stereocenters. The summed E-state index contributed by atoms with van der Waals surface area (Å²) in [7, 11) is 0. The summed E-state index contributed by atoms with van der Waals surface area (Å²) >= 11 is 0. The van der Waals surface area contributed by atoms with Crippen molar-refractivity contribution in [3.8, 4) is 0 Å². The van der Waals surface area contributed by atoms with Gasteiger partial charge in [0.25, 0.3) is 5.92 Å². The fourth-order valence-electron chi connectivity index (χ4n) is 4.79. The van der Waals surface area contributed by atoms with Crippen LogP contribution in [0.4, 0.5) is 38.0 Å². The van der Waals surface area contributed by atoms with Gasteiger partial charge in [-0.05, 0) is 30.7 Å². The Morgan fingerprint density at radius 3 is 2.44 bits per heavy atom. The van der Waals surface area contributed by atoms with Gasteiger partial charge in [-0.2, -0.15) is 17.6 Å². The number of aliphatic hydroxyl groups is 1. The number of hydrogen-bond donors (Lipinski definition) is 3. The summed E-state index contributed by atoms with van der Waals surface area (Å²) in [5.41, 5.74) is 4.43. The van der Waals surface area contributed by atoms with E-state index < -0.39 is 60.3 Å². The number of amides is 1. The largest absolute Gasteiger partial charge is 0.416 e. The molecular formula is C25H34F6N6O2. The highest BCUT2D eigenvalue weighted by Crippen LogP contribution is 2.44. The third kappa shape index (κ3) is 7.50. The van der Waals surface area contributed by atoms with Crippen molar-refractivity contribution in [1.29, 1.82) is 0 Å². The minimum atomic E-state index is -4.58. The van der Waals surface area contributed by atoms with Crippen LogP contribution in [-0.4, -0.2) is 70.6 Å². The number of hydrogen-bond acceptors (Lipinski definition) is 7. The molecule has 0 radical (unpaired) electrons. The summed E-state index contributed by atoms with van der Waals surface area (Å²) in [6.07, 6.45) is -4.61. The topological polar surface area (TPSA) is 108 Å². The number of anilines is 2. The minimum Gasteiger partial charge on any atom is -0.391 e. The second-order valence-electron chi connectivity index (χ2n) is 9.38. The SMILES string of the molecule is C.C.NC(=O)CN1CC[C@H](CNc2ncnc(N3CC(F)(F)C[C@@H]3c3ccc(C(F)(F)F)cc3)c2F)[C@@H](O)C1. The van der Waals surface area contributed by atoms with Crippen LogP contribution in [0, 0.1) is 11.7 Å². The average Bonchev–Trinajstić information content (AvgIpc) is 3.13. The first-order chi connectivity index (χ1) is 17.3. The number of carbonyl (C=O) groups excluding carboxylic acids is 1. The molecule has 2 aromatic rings. The molecule has 218 valence electrons. The maximum Gasteiger partial charge on any atom is 0.416 e. The van der Waals surface area contributed by atoms with E-state index in [1.807, 2.05) is 0 Å². The molecule has 2 saturated heterocycles. The second-order valence-corrected chi connectivity index (χ2v) is 9.38. The van der Waals surface area contributed by atoms with Crippen LogP contribution >= 0.6 is 0 Å². The maximum absolute atomic E-state index is 15.4. The number of β-amino-alcohol motifs (C(OH)–C–C–N with tert-alkyl or cyclic N) is 1. The van der Waals surface area contributed by atoms with Crippen molar-refractivity contribution in [3.63, 3.8) is 0 Å². The zero-order valence-electron chi connectivity index (χ0n) is 19.6. The Bertz CT molecular complexity index is 1120. The van der Waals surface area contributed by atoms with Crippen LogP contribution in [0.25, 0.3) is 0 Å². The number of nitrogens with zero attached hydrogens (tertiary/aromatic N) is 4. The van der Waals surface area contributed by atoms with Crippen molar-refractivity contribution < 1.29 is 36.2 Å². The highest BCUT2D eigenvalue weighted by Gasteiger charge is 2.47. The Hall–Kier alpha value is -3.13. The molecule has 3 atom stereocenters. The summed E-state index contributed by atoms with van der Waals surface area (Å²) in [6.45, 7) is -0.0196. The van der Waals surface area contributed by atoms with Crippen molar-refractivity contribution in [2.24, 2.45) is 11.7 Å². The monoisotopic (exact) mass is 564 g/mol. The van der Waals surface area contributed by atoms with E-state index in [-0.39, 0.29) is 51.8 Å². The number of likely N-dealkylation sites (tertiary alicyclic amines) is 1. The number of nitrogens with one attached hydrogen (secondary N) is 1. The van der Waals surface area contributed by atoms with Crippen LogP contribution in [0.5, 0.6) is 0 Å². The van der Waals surface area contributed by atoms with Gasteiger partial charge in [0, 0.05) is 25.4 Å². The lowest BCUT2D eigenvalue weighted by Gasteiger charge is -2.35. The van der Waals surface area contributed by atoms with E-state index in [9.17, 15) is 31.9 Å². The van der Waals surface area contributed by atoms with Crippen molar-refractivity contribution in [3.05, 3.63) is 47.5 Å². The highest BCUT2D eigenvalue weighted by molar-refractivity contribution is 5.75. The highest BCUT2D eigenvalue weighted by atomic mass is 19.4. The number of rotatable bonds is 7. The van der Waals surface area contributed by atoms with Crippen LogP contribution < -0.4 is 16.0 Å². The molecule has 4 N–H and O–H groups in total. The lowest BCUT2D eigenvalue weighted by Crippen LogP contribution is -2.48. The molecule has 8 nitrogen and oxygen atoms in total. The van der Waals surface area contributed by atoms with Crippen molar-refractivity contribution >= 4 is 17.5 Å². The normalized spacial score (nSPS) is 23.1. The zero-order chi connectivity index (χ0) is 27.0. The first kappa shape index (κ1) is 32.1. The van der Waals surface area contributed by atoms with Gasteiger partial charge < -0.3 is 21.1 Å². The van der Waals surface area contributed by atoms with Gasteiger partial charge in [0.05, 0.1) is 30.8 Å². The number of aliphatic hydroxyl groups excluding tert-OH is 1. The summed E-state index contributed by atoms with van der Waals surface area (Å²) in [6, 6.07) is 2.70. The molecule has 0 spiro atoms. The Kier molecular flexibility index (Phi) is 10.2. The van der Waals surface area contributed by atoms with Crippen molar-refractivity contribution in [2.75, 3.05) is 42.9 Å². The van der Waals surface area contributed by atoms with E-state index in [0.717, 1.165) is 35.5 Å². The van der Waals surface area contributed by atoms with E-state index in [1.54, 1.807) is 4.90 Å². The van der Waals surface area contributed by atoms with E-state index >= 15 is 4.39 Å². The summed E-state index contributed by atoms with van der Waals surface area (Å²) < 4.78 is 82.9. The first-order valence-electron chi connectivity index (χ1n) is 11.6. The molecule has 2 fully saturated rings. The number of carbonyl (C=O) groups is 1. The smallest absolute Gasteiger partial charge is 0.391 e. The molecule has 2 aliphatic heterocycles. The van der Waals surface area contributed by atoms with Crippen LogP contribution in [0.2, 0.25) is 0 Å². The summed E-state index contributed by atoms with van der Waals surface area (Å²) in [5, 5.41) is 13.2. The van der Waals surface area contributed by atoms with E-state index in [0.29, 0.717) is 13.0 Å². The first-order valence-corrected chi connectivity index (χ1v) is 11.6. The van der Waals surface area contributed by atoms with Gasteiger partial charge in [0.15, 0.2) is 11.6 Å².